The molecule has 1 fully saturated rings. The highest BCUT2D eigenvalue weighted by atomic mass is 35.5. The van der Waals surface area contributed by atoms with Crippen LogP contribution >= 0.6 is 11.6 Å². The lowest BCUT2D eigenvalue weighted by atomic mass is 10.1. The highest BCUT2D eigenvalue weighted by Crippen LogP contribution is 2.24. The van der Waals surface area contributed by atoms with E-state index < -0.39 is 26.7 Å². The highest BCUT2D eigenvalue weighted by Gasteiger charge is 2.32. The van der Waals surface area contributed by atoms with Crippen molar-refractivity contribution in [1.82, 2.24) is 9.21 Å². The maximum absolute atomic E-state index is 14.0. The normalized spacial score (nSPS) is 15.4. The molecular formula is C17H15ClFN3O5S. The molecule has 1 heterocycles. The maximum Gasteiger partial charge on any atom is 0.270 e. The van der Waals surface area contributed by atoms with Crippen LogP contribution in [-0.4, -0.2) is 54.6 Å². The molecule has 0 bridgehead atoms. The van der Waals surface area contributed by atoms with E-state index in [0.717, 1.165) is 16.4 Å². The number of nitrogens with zero attached hydrogens (tertiary/aromatic N) is 3. The van der Waals surface area contributed by atoms with Crippen LogP contribution in [0.4, 0.5) is 10.1 Å². The molecular weight excluding hydrogens is 413 g/mol. The predicted molar refractivity (Wildman–Crippen MR) is 99.2 cm³/mol. The van der Waals surface area contributed by atoms with Gasteiger partial charge in [0.25, 0.3) is 11.6 Å². The quantitative estimate of drug-likeness (QED) is 0.551. The summed E-state index contributed by atoms with van der Waals surface area (Å²) in [6.45, 7) is 0.0288. The summed E-state index contributed by atoms with van der Waals surface area (Å²) >= 11 is 5.92. The number of amides is 1. The zero-order valence-electron chi connectivity index (χ0n) is 14.4. The molecule has 1 saturated heterocycles. The Morgan fingerprint density at radius 3 is 2.36 bits per heavy atom. The Labute approximate surface area is 165 Å². The average molecular weight is 428 g/mol. The van der Waals surface area contributed by atoms with Crippen LogP contribution in [0.2, 0.25) is 5.02 Å². The number of nitro groups is 1. The van der Waals surface area contributed by atoms with E-state index in [1.165, 1.54) is 35.2 Å². The lowest BCUT2D eigenvalue weighted by Crippen LogP contribution is -2.50. The number of halogens is 2. The van der Waals surface area contributed by atoms with Gasteiger partial charge in [0.1, 0.15) is 5.82 Å². The number of non-ortho nitro benzene ring substituents is 1. The Morgan fingerprint density at radius 1 is 1.11 bits per heavy atom. The topological polar surface area (TPSA) is 101 Å². The van der Waals surface area contributed by atoms with Crippen LogP contribution in [0, 0.1) is 15.9 Å². The van der Waals surface area contributed by atoms with Gasteiger partial charge in [0.05, 0.1) is 20.4 Å². The first-order chi connectivity index (χ1) is 13.2. The fourth-order valence-electron chi connectivity index (χ4n) is 2.90. The van der Waals surface area contributed by atoms with E-state index in [1.807, 2.05) is 0 Å². The van der Waals surface area contributed by atoms with Crippen molar-refractivity contribution in [2.75, 3.05) is 26.2 Å². The maximum atomic E-state index is 14.0. The largest absolute Gasteiger partial charge is 0.336 e. The second-order valence-electron chi connectivity index (χ2n) is 6.05. The third kappa shape index (κ3) is 3.84. The van der Waals surface area contributed by atoms with Crippen molar-refractivity contribution in [1.29, 1.82) is 0 Å². The first kappa shape index (κ1) is 20.2. The van der Waals surface area contributed by atoms with E-state index in [9.17, 15) is 27.7 Å². The molecule has 0 unspecified atom stereocenters. The van der Waals surface area contributed by atoms with E-state index in [0.29, 0.717) is 0 Å². The number of rotatable bonds is 4. The Hall–Kier alpha value is -2.56. The highest BCUT2D eigenvalue weighted by molar-refractivity contribution is 7.89. The summed E-state index contributed by atoms with van der Waals surface area (Å²) in [5.41, 5.74) is -0.580. The molecule has 1 aliphatic rings. The van der Waals surface area contributed by atoms with E-state index in [-0.39, 0.29) is 47.3 Å². The van der Waals surface area contributed by atoms with Gasteiger partial charge in [0.15, 0.2) is 0 Å². The Morgan fingerprint density at radius 2 is 1.75 bits per heavy atom. The van der Waals surface area contributed by atoms with Crippen molar-refractivity contribution in [3.05, 3.63) is 69.0 Å². The molecule has 0 aromatic heterocycles. The Kier molecular flexibility index (Phi) is 5.64. The van der Waals surface area contributed by atoms with Crippen LogP contribution in [0.5, 0.6) is 0 Å². The summed E-state index contributed by atoms with van der Waals surface area (Å²) in [6, 6.07) is 8.69. The third-order valence-electron chi connectivity index (χ3n) is 4.37. The standard InChI is InChI=1S/C17H15ClFN3O5S/c18-14-5-2-6-15(19)16(14)17(23)20-7-9-21(10-8-20)28(26,27)13-4-1-3-12(11-13)22(24)25/h1-6,11H,7-10H2. The van der Waals surface area contributed by atoms with Gasteiger partial charge in [-0.3, -0.25) is 14.9 Å². The fourth-order valence-corrected chi connectivity index (χ4v) is 4.60. The third-order valence-corrected chi connectivity index (χ3v) is 6.58. The van der Waals surface area contributed by atoms with E-state index in [1.54, 1.807) is 0 Å². The minimum absolute atomic E-state index is 0.0170. The molecule has 0 radical (unpaired) electrons. The number of carbonyl (C=O) groups is 1. The van der Waals surface area contributed by atoms with Gasteiger partial charge in [-0.15, -0.1) is 0 Å². The predicted octanol–water partition coefficient (Wildman–Crippen LogP) is 2.53. The summed E-state index contributed by atoms with van der Waals surface area (Å²) < 4.78 is 40.6. The van der Waals surface area contributed by atoms with Crippen LogP contribution in [0.25, 0.3) is 0 Å². The summed E-state index contributed by atoms with van der Waals surface area (Å²) in [5.74, 6) is -1.36. The van der Waals surface area contributed by atoms with E-state index in [4.69, 9.17) is 11.6 Å². The van der Waals surface area contributed by atoms with Crippen molar-refractivity contribution in [2.45, 2.75) is 4.90 Å². The van der Waals surface area contributed by atoms with E-state index in [2.05, 4.69) is 0 Å². The van der Waals surface area contributed by atoms with Gasteiger partial charge >= 0.3 is 0 Å². The van der Waals surface area contributed by atoms with Crippen LogP contribution in [0.15, 0.2) is 47.4 Å². The summed E-state index contributed by atoms with van der Waals surface area (Å²) in [7, 11) is -3.96. The van der Waals surface area contributed by atoms with Crippen molar-refractivity contribution in [3.8, 4) is 0 Å². The minimum atomic E-state index is -3.96. The number of nitro benzene ring substituents is 1. The molecule has 2 aromatic rings. The smallest absolute Gasteiger partial charge is 0.270 e. The van der Waals surface area contributed by atoms with Crippen LogP contribution in [-0.2, 0) is 10.0 Å². The molecule has 3 rings (SSSR count). The molecule has 11 heteroatoms. The van der Waals surface area contributed by atoms with Gasteiger partial charge in [-0.05, 0) is 18.2 Å². The number of carbonyl (C=O) groups excluding carboxylic acids is 1. The summed E-state index contributed by atoms with van der Waals surface area (Å²) in [4.78, 5) is 23.9. The van der Waals surface area contributed by atoms with Crippen LogP contribution in [0.3, 0.4) is 0 Å². The van der Waals surface area contributed by atoms with Crippen LogP contribution < -0.4 is 0 Å². The van der Waals surface area contributed by atoms with Gasteiger partial charge in [-0.25, -0.2) is 12.8 Å². The zero-order chi connectivity index (χ0) is 20.5. The molecule has 0 aliphatic carbocycles. The van der Waals surface area contributed by atoms with Crippen molar-refractivity contribution < 1.29 is 22.5 Å². The van der Waals surface area contributed by atoms with Gasteiger partial charge in [0.2, 0.25) is 10.0 Å². The zero-order valence-corrected chi connectivity index (χ0v) is 16.0. The number of piperazine rings is 1. The Bertz CT molecular complexity index is 1020. The van der Waals surface area contributed by atoms with Crippen molar-refractivity contribution in [2.24, 2.45) is 0 Å². The molecule has 2 aromatic carbocycles. The lowest BCUT2D eigenvalue weighted by Gasteiger charge is -2.34. The second-order valence-corrected chi connectivity index (χ2v) is 8.39. The SMILES string of the molecule is O=C(c1c(F)cccc1Cl)N1CCN(S(=O)(=O)c2cccc([N+](=O)[O-])c2)CC1. The fraction of sp³-hybridized carbons (Fsp3) is 0.235. The van der Waals surface area contributed by atoms with Gasteiger partial charge in [0, 0.05) is 38.3 Å². The summed E-state index contributed by atoms with van der Waals surface area (Å²) in [5, 5.41) is 10.9. The molecule has 1 aliphatic heterocycles. The molecule has 0 saturated carbocycles. The summed E-state index contributed by atoms with van der Waals surface area (Å²) in [6.07, 6.45) is 0. The molecule has 1 amide bonds. The molecule has 148 valence electrons. The number of hydrogen-bond donors (Lipinski definition) is 0. The first-order valence-corrected chi connectivity index (χ1v) is 10.0. The molecule has 0 atom stereocenters. The van der Waals surface area contributed by atoms with Crippen LogP contribution in [0.1, 0.15) is 10.4 Å². The first-order valence-electron chi connectivity index (χ1n) is 8.19. The minimum Gasteiger partial charge on any atom is -0.336 e. The number of sulfonamides is 1. The molecule has 28 heavy (non-hydrogen) atoms. The lowest BCUT2D eigenvalue weighted by molar-refractivity contribution is -0.385. The number of benzene rings is 2. The monoisotopic (exact) mass is 427 g/mol. The van der Waals surface area contributed by atoms with Crippen molar-refractivity contribution in [3.63, 3.8) is 0 Å². The van der Waals surface area contributed by atoms with Crippen molar-refractivity contribution >= 4 is 33.2 Å². The average Bonchev–Trinajstić information content (AvgIpc) is 2.68. The molecule has 0 spiro atoms. The van der Waals surface area contributed by atoms with E-state index >= 15 is 0 Å². The Balaban J connectivity index is 1.75. The molecule has 0 N–H and O–H groups in total. The van der Waals surface area contributed by atoms with Gasteiger partial charge < -0.3 is 4.90 Å². The van der Waals surface area contributed by atoms with Gasteiger partial charge in [-0.2, -0.15) is 4.31 Å². The second kappa shape index (κ2) is 7.82. The molecule has 8 nitrogen and oxygen atoms in total. The number of hydrogen-bond acceptors (Lipinski definition) is 5. The van der Waals surface area contributed by atoms with Gasteiger partial charge in [-0.1, -0.05) is 23.7 Å².